The molecule has 78 valence electrons. The predicted octanol–water partition coefficient (Wildman–Crippen LogP) is 0.858. The van der Waals surface area contributed by atoms with Gasteiger partial charge >= 0.3 is 0 Å². The molecule has 0 aliphatic carbocycles. The molecule has 0 bridgehead atoms. The maximum atomic E-state index is 4.83. The van der Waals surface area contributed by atoms with Gasteiger partial charge in [0.05, 0.1) is 5.69 Å². The van der Waals surface area contributed by atoms with E-state index < -0.39 is 0 Å². The van der Waals surface area contributed by atoms with Crippen molar-refractivity contribution in [1.82, 2.24) is 15.4 Å². The number of nitrogens with zero attached hydrogens (tertiary/aromatic N) is 2. The largest absolute Gasteiger partial charge is 0.364 e. The van der Waals surface area contributed by atoms with E-state index in [1.807, 2.05) is 6.07 Å². The fourth-order valence-electron chi connectivity index (χ4n) is 1.83. The van der Waals surface area contributed by atoms with Crippen LogP contribution in [0.25, 0.3) is 0 Å². The van der Waals surface area contributed by atoms with E-state index in [4.69, 9.17) is 4.52 Å². The maximum absolute atomic E-state index is 4.83. The molecule has 1 aromatic rings. The van der Waals surface area contributed by atoms with Crippen LogP contribution in [0, 0.1) is 0 Å². The SMILES string of the molecule is CC1(C)CNCCN1Cc1ccon1. The third-order valence-corrected chi connectivity index (χ3v) is 2.82. The molecule has 4 nitrogen and oxygen atoms in total. The van der Waals surface area contributed by atoms with Gasteiger partial charge in [-0.3, -0.25) is 4.90 Å². The van der Waals surface area contributed by atoms with Gasteiger partial charge in [0, 0.05) is 37.8 Å². The molecule has 0 atom stereocenters. The fraction of sp³-hybridized carbons (Fsp3) is 0.700. The summed E-state index contributed by atoms with van der Waals surface area (Å²) in [5.74, 6) is 0. The van der Waals surface area contributed by atoms with E-state index in [-0.39, 0.29) is 5.54 Å². The molecule has 1 fully saturated rings. The van der Waals surface area contributed by atoms with Crippen molar-refractivity contribution >= 4 is 0 Å². The second kappa shape index (κ2) is 3.71. The van der Waals surface area contributed by atoms with Gasteiger partial charge in [-0.15, -0.1) is 0 Å². The average Bonchev–Trinajstić information content (AvgIpc) is 2.61. The summed E-state index contributed by atoms with van der Waals surface area (Å²) in [6, 6.07) is 1.93. The van der Waals surface area contributed by atoms with Crippen LogP contribution in [0.4, 0.5) is 0 Å². The van der Waals surface area contributed by atoms with Gasteiger partial charge in [0.25, 0.3) is 0 Å². The van der Waals surface area contributed by atoms with Crippen LogP contribution >= 0.6 is 0 Å². The first-order chi connectivity index (χ1) is 6.68. The molecule has 1 N–H and O–H groups in total. The van der Waals surface area contributed by atoms with Gasteiger partial charge in [0.1, 0.15) is 6.26 Å². The van der Waals surface area contributed by atoms with Crippen LogP contribution in [0.2, 0.25) is 0 Å². The van der Waals surface area contributed by atoms with Crippen molar-refractivity contribution in [2.45, 2.75) is 25.9 Å². The maximum Gasteiger partial charge on any atom is 0.124 e. The van der Waals surface area contributed by atoms with Crippen LogP contribution < -0.4 is 5.32 Å². The molecular weight excluding hydrogens is 178 g/mol. The predicted molar refractivity (Wildman–Crippen MR) is 53.9 cm³/mol. The summed E-state index contributed by atoms with van der Waals surface area (Å²) in [5.41, 5.74) is 1.22. The Kier molecular flexibility index (Phi) is 2.56. The smallest absolute Gasteiger partial charge is 0.124 e. The lowest BCUT2D eigenvalue weighted by molar-refractivity contribution is 0.0803. The van der Waals surface area contributed by atoms with Crippen molar-refractivity contribution in [2.24, 2.45) is 0 Å². The zero-order valence-corrected chi connectivity index (χ0v) is 8.79. The van der Waals surface area contributed by atoms with Gasteiger partial charge in [0.2, 0.25) is 0 Å². The van der Waals surface area contributed by atoms with E-state index in [1.165, 1.54) is 0 Å². The van der Waals surface area contributed by atoms with E-state index >= 15 is 0 Å². The van der Waals surface area contributed by atoms with Gasteiger partial charge in [-0.1, -0.05) is 5.16 Å². The number of aromatic nitrogens is 1. The summed E-state index contributed by atoms with van der Waals surface area (Å²) < 4.78 is 4.83. The monoisotopic (exact) mass is 195 g/mol. The molecule has 1 aromatic heterocycles. The van der Waals surface area contributed by atoms with Crippen molar-refractivity contribution < 1.29 is 4.52 Å². The fourth-order valence-corrected chi connectivity index (χ4v) is 1.83. The minimum absolute atomic E-state index is 0.206. The molecule has 0 unspecified atom stereocenters. The number of rotatable bonds is 2. The molecule has 0 aromatic carbocycles. The Morgan fingerprint density at radius 3 is 3.14 bits per heavy atom. The van der Waals surface area contributed by atoms with E-state index in [9.17, 15) is 0 Å². The van der Waals surface area contributed by atoms with Crippen LogP contribution in [0.5, 0.6) is 0 Å². The Labute approximate surface area is 84.3 Å². The highest BCUT2D eigenvalue weighted by Gasteiger charge is 2.29. The van der Waals surface area contributed by atoms with Crippen LogP contribution in [0.3, 0.4) is 0 Å². The topological polar surface area (TPSA) is 41.3 Å². The van der Waals surface area contributed by atoms with Gasteiger partial charge < -0.3 is 9.84 Å². The Balaban J connectivity index is 2.02. The van der Waals surface area contributed by atoms with Crippen molar-refractivity contribution in [3.05, 3.63) is 18.0 Å². The van der Waals surface area contributed by atoms with Crippen molar-refractivity contribution in [1.29, 1.82) is 0 Å². The minimum Gasteiger partial charge on any atom is -0.364 e. The molecular formula is C10H17N3O. The van der Waals surface area contributed by atoms with Crippen molar-refractivity contribution in [2.75, 3.05) is 19.6 Å². The van der Waals surface area contributed by atoms with Crippen LogP contribution in [-0.4, -0.2) is 35.2 Å². The van der Waals surface area contributed by atoms with E-state index in [0.717, 1.165) is 31.9 Å². The Morgan fingerprint density at radius 2 is 2.50 bits per heavy atom. The van der Waals surface area contributed by atoms with Crippen LogP contribution in [0.1, 0.15) is 19.5 Å². The van der Waals surface area contributed by atoms with Gasteiger partial charge in [-0.05, 0) is 13.8 Å². The molecule has 0 radical (unpaired) electrons. The van der Waals surface area contributed by atoms with Crippen molar-refractivity contribution in [3.8, 4) is 0 Å². The van der Waals surface area contributed by atoms with E-state index in [2.05, 4.69) is 29.2 Å². The second-order valence-corrected chi connectivity index (χ2v) is 4.40. The lowest BCUT2D eigenvalue weighted by Gasteiger charge is -2.42. The first-order valence-corrected chi connectivity index (χ1v) is 5.03. The third-order valence-electron chi connectivity index (χ3n) is 2.82. The summed E-state index contributed by atoms with van der Waals surface area (Å²) in [5, 5.41) is 7.34. The standard InChI is InChI=1S/C10H17N3O/c1-10(2)8-11-4-5-13(10)7-9-3-6-14-12-9/h3,6,11H,4-5,7-8H2,1-2H3. The Morgan fingerprint density at radius 1 is 1.64 bits per heavy atom. The van der Waals surface area contributed by atoms with Gasteiger partial charge in [-0.25, -0.2) is 0 Å². The number of hydrogen-bond acceptors (Lipinski definition) is 4. The number of piperazine rings is 1. The normalized spacial score (nSPS) is 22.4. The Bertz CT molecular complexity index is 282. The third kappa shape index (κ3) is 1.96. The number of nitrogens with one attached hydrogen (secondary N) is 1. The summed E-state index contributed by atoms with van der Waals surface area (Å²) in [4.78, 5) is 2.43. The average molecular weight is 195 g/mol. The first kappa shape index (κ1) is 9.68. The zero-order valence-electron chi connectivity index (χ0n) is 8.79. The second-order valence-electron chi connectivity index (χ2n) is 4.40. The molecule has 0 spiro atoms. The highest BCUT2D eigenvalue weighted by atomic mass is 16.5. The summed E-state index contributed by atoms with van der Waals surface area (Å²) in [7, 11) is 0. The van der Waals surface area contributed by atoms with Gasteiger partial charge in [0.15, 0.2) is 0 Å². The quantitative estimate of drug-likeness (QED) is 0.760. The highest BCUT2D eigenvalue weighted by Crippen LogP contribution is 2.18. The summed E-state index contributed by atoms with van der Waals surface area (Å²) in [6.45, 7) is 8.54. The minimum atomic E-state index is 0.206. The molecule has 0 amide bonds. The molecule has 1 saturated heterocycles. The molecule has 2 heterocycles. The van der Waals surface area contributed by atoms with Crippen LogP contribution in [-0.2, 0) is 6.54 Å². The summed E-state index contributed by atoms with van der Waals surface area (Å²) >= 11 is 0. The summed E-state index contributed by atoms with van der Waals surface area (Å²) in [6.07, 6.45) is 1.63. The number of hydrogen-bond donors (Lipinski definition) is 1. The first-order valence-electron chi connectivity index (χ1n) is 5.03. The van der Waals surface area contributed by atoms with Gasteiger partial charge in [-0.2, -0.15) is 0 Å². The lowest BCUT2D eigenvalue weighted by atomic mass is 10.00. The molecule has 2 rings (SSSR count). The molecule has 1 aliphatic rings. The van der Waals surface area contributed by atoms with E-state index in [1.54, 1.807) is 6.26 Å². The highest BCUT2D eigenvalue weighted by molar-refractivity contribution is 4.98. The molecule has 1 aliphatic heterocycles. The van der Waals surface area contributed by atoms with Crippen LogP contribution in [0.15, 0.2) is 16.9 Å². The molecule has 4 heteroatoms. The zero-order chi connectivity index (χ0) is 10.0. The Hall–Kier alpha value is -0.870. The lowest BCUT2D eigenvalue weighted by Crippen LogP contribution is -2.57. The molecule has 14 heavy (non-hydrogen) atoms. The van der Waals surface area contributed by atoms with E-state index in [0.29, 0.717) is 0 Å². The molecule has 0 saturated carbocycles. The van der Waals surface area contributed by atoms with Crippen molar-refractivity contribution in [3.63, 3.8) is 0 Å².